The summed E-state index contributed by atoms with van der Waals surface area (Å²) in [6, 6.07) is 0. The number of hydrogen-bond donors (Lipinski definition) is 1. The highest BCUT2D eigenvalue weighted by Gasteiger charge is 1.89. The first kappa shape index (κ1) is 9.65. The van der Waals surface area contributed by atoms with Gasteiger partial charge in [-0.25, -0.2) is 0 Å². The summed E-state index contributed by atoms with van der Waals surface area (Å²) in [6.45, 7) is 0. The van der Waals surface area contributed by atoms with Crippen molar-refractivity contribution in [3.8, 4) is 0 Å². The molecule has 0 aliphatic heterocycles. The highest BCUT2D eigenvalue weighted by atomic mass is 32.2. The summed E-state index contributed by atoms with van der Waals surface area (Å²) in [4.78, 5) is 10.0. The van der Waals surface area contributed by atoms with Gasteiger partial charge in [-0.15, -0.1) is 0 Å². The Morgan fingerprint density at radius 1 is 1.80 bits per heavy atom. The number of thiocarbonyl (C=S) groups is 1. The van der Waals surface area contributed by atoms with E-state index in [0.717, 1.165) is 12.0 Å². The van der Waals surface area contributed by atoms with Crippen molar-refractivity contribution in [2.45, 2.75) is 6.42 Å². The highest BCUT2D eigenvalue weighted by molar-refractivity contribution is 8.22. The second-order valence-corrected chi connectivity index (χ2v) is 2.77. The molecule has 0 rings (SSSR count). The van der Waals surface area contributed by atoms with Crippen molar-refractivity contribution in [2.24, 2.45) is 0 Å². The molecule has 0 aliphatic carbocycles. The number of rotatable bonds is 5. The number of carbonyl (C=O) groups excluding carboxylic acids is 1. The number of thioether (sulfide) groups is 1. The minimum absolute atomic E-state index is 0.423. The normalized spacial score (nSPS) is 10.7. The minimum Gasteiger partial charge on any atom is -0.391 e. The van der Waals surface area contributed by atoms with E-state index >= 15 is 0 Å². The van der Waals surface area contributed by atoms with Gasteiger partial charge in [-0.1, -0.05) is 24.0 Å². The molecule has 1 N–H and O–H groups in total. The topological polar surface area (TPSA) is 29.1 Å². The maximum atomic E-state index is 10.0. The quantitative estimate of drug-likeness (QED) is 0.504. The van der Waals surface area contributed by atoms with Gasteiger partial charge < -0.3 is 10.1 Å². The molecule has 0 atom stereocenters. The maximum absolute atomic E-state index is 10.0. The summed E-state index contributed by atoms with van der Waals surface area (Å²) in [5, 5.41) is 4.70. The molecule has 0 aliphatic rings. The van der Waals surface area contributed by atoms with Crippen LogP contribution in [0.5, 0.6) is 0 Å². The van der Waals surface area contributed by atoms with E-state index < -0.39 is 0 Å². The molecule has 56 valence electrons. The van der Waals surface area contributed by atoms with Gasteiger partial charge in [0.25, 0.3) is 0 Å². The van der Waals surface area contributed by atoms with Crippen molar-refractivity contribution in [1.29, 1.82) is 0 Å². The fraction of sp³-hybridized carbons (Fsp3) is 0.333. The first-order chi connectivity index (χ1) is 4.85. The van der Waals surface area contributed by atoms with E-state index in [1.807, 2.05) is 5.41 Å². The van der Waals surface area contributed by atoms with Gasteiger partial charge in [0.05, 0.1) is 0 Å². The van der Waals surface area contributed by atoms with Crippen molar-refractivity contribution >= 4 is 35.0 Å². The molecular weight excluding hydrogens is 166 g/mol. The van der Waals surface area contributed by atoms with Crippen LogP contribution < -0.4 is 5.32 Å². The lowest BCUT2D eigenvalue weighted by Crippen LogP contribution is -2.05. The van der Waals surface area contributed by atoms with Gasteiger partial charge in [0.15, 0.2) is 0 Å². The molecule has 0 aromatic rings. The molecule has 0 bridgehead atoms. The van der Waals surface area contributed by atoms with Gasteiger partial charge >= 0.3 is 0 Å². The van der Waals surface area contributed by atoms with Crippen molar-refractivity contribution in [1.82, 2.24) is 5.32 Å². The zero-order valence-corrected chi connectivity index (χ0v) is 7.30. The van der Waals surface area contributed by atoms with E-state index in [-0.39, 0.29) is 0 Å². The number of aldehydes is 1. The van der Waals surface area contributed by atoms with Crippen molar-refractivity contribution in [2.75, 3.05) is 7.05 Å². The van der Waals surface area contributed by atoms with Gasteiger partial charge in [-0.05, 0) is 5.41 Å². The van der Waals surface area contributed by atoms with Crippen LogP contribution in [0.15, 0.2) is 11.1 Å². The third-order valence-corrected chi connectivity index (χ3v) is 1.76. The molecular formula is C6H9NOS2. The molecule has 10 heavy (non-hydrogen) atoms. The Morgan fingerprint density at radius 3 is 2.90 bits per heavy atom. The van der Waals surface area contributed by atoms with Crippen LogP contribution in [0.4, 0.5) is 0 Å². The van der Waals surface area contributed by atoms with Gasteiger partial charge in [0.2, 0.25) is 0 Å². The first-order valence-electron chi connectivity index (χ1n) is 2.74. The molecule has 0 spiro atoms. The number of hydrogen-bond acceptors (Lipinski definition) is 4. The van der Waals surface area contributed by atoms with Crippen LogP contribution in [-0.4, -0.2) is 18.0 Å². The first-order valence-corrected chi connectivity index (χ1v) is 4.16. The molecule has 0 saturated carbocycles. The van der Waals surface area contributed by atoms with Crippen LogP contribution in [0.2, 0.25) is 0 Å². The molecule has 0 heterocycles. The fourth-order valence-corrected chi connectivity index (χ4v) is 1.01. The van der Waals surface area contributed by atoms with Crippen molar-refractivity contribution in [3.63, 3.8) is 0 Å². The van der Waals surface area contributed by atoms with E-state index in [1.54, 1.807) is 11.7 Å². The van der Waals surface area contributed by atoms with Gasteiger partial charge in [-0.2, -0.15) is 0 Å². The third kappa shape index (κ3) is 4.52. The molecule has 0 saturated heterocycles. The molecule has 0 amide bonds. The predicted molar refractivity (Wildman–Crippen MR) is 49.1 cm³/mol. The number of nitrogens with one attached hydrogen (secondary N) is 1. The summed E-state index contributed by atoms with van der Waals surface area (Å²) >= 11 is 5.97. The average Bonchev–Trinajstić information content (AvgIpc) is 1.98. The smallest absolute Gasteiger partial charge is 0.125 e. The van der Waals surface area contributed by atoms with Crippen LogP contribution in [-0.2, 0) is 4.79 Å². The van der Waals surface area contributed by atoms with E-state index in [9.17, 15) is 4.79 Å². The van der Waals surface area contributed by atoms with Crippen molar-refractivity contribution < 1.29 is 4.79 Å². The summed E-state index contributed by atoms with van der Waals surface area (Å²) in [7, 11) is 1.78. The Balaban J connectivity index is 3.76. The van der Waals surface area contributed by atoms with Crippen LogP contribution in [0, 0.1) is 0 Å². The molecule has 4 heteroatoms. The molecule has 0 radical (unpaired) electrons. The number of allylic oxidation sites excluding steroid dienone is 1. The van der Waals surface area contributed by atoms with Crippen LogP contribution in [0.3, 0.4) is 0 Å². The zero-order chi connectivity index (χ0) is 7.82. The van der Waals surface area contributed by atoms with Gasteiger partial charge in [0.1, 0.15) is 6.29 Å². The van der Waals surface area contributed by atoms with Crippen LogP contribution >= 0.6 is 24.0 Å². The second kappa shape index (κ2) is 6.77. The lowest BCUT2D eigenvalue weighted by Gasteiger charge is -1.98. The molecule has 2 nitrogen and oxygen atoms in total. The largest absolute Gasteiger partial charge is 0.391 e. The van der Waals surface area contributed by atoms with Crippen LogP contribution in [0.25, 0.3) is 0 Å². The SMILES string of the molecule is CN/C(=C\SC=S)CC=O. The third-order valence-electron chi connectivity index (χ3n) is 0.890. The summed E-state index contributed by atoms with van der Waals surface area (Å²) in [5.74, 6) is 0. The summed E-state index contributed by atoms with van der Waals surface area (Å²) in [5.41, 5.74) is 0.890. The van der Waals surface area contributed by atoms with E-state index in [0.29, 0.717) is 6.42 Å². The Hall–Kier alpha value is -0.350. The Kier molecular flexibility index (Phi) is 6.53. The summed E-state index contributed by atoms with van der Waals surface area (Å²) < 4.78 is 1.54. The predicted octanol–water partition coefficient (Wildman–Crippen LogP) is 1.33. The van der Waals surface area contributed by atoms with Crippen molar-refractivity contribution in [3.05, 3.63) is 11.1 Å². The minimum atomic E-state index is 0.423. The standard InChI is InChI=1S/C6H9NOS2/c1-7-6(2-3-8)4-10-5-9/h3-5,7H,2H2,1H3/b6-4-. The molecule has 0 unspecified atom stereocenters. The monoisotopic (exact) mass is 175 g/mol. The van der Waals surface area contributed by atoms with E-state index in [2.05, 4.69) is 17.5 Å². The average molecular weight is 175 g/mol. The van der Waals surface area contributed by atoms with Gasteiger partial charge in [-0.3, -0.25) is 0 Å². The van der Waals surface area contributed by atoms with Gasteiger partial charge in [0, 0.05) is 23.9 Å². The highest BCUT2D eigenvalue weighted by Crippen LogP contribution is 2.03. The Morgan fingerprint density at radius 2 is 2.50 bits per heavy atom. The Bertz CT molecular complexity index is 145. The lowest BCUT2D eigenvalue weighted by atomic mass is 10.4. The molecule has 0 aromatic heterocycles. The van der Waals surface area contributed by atoms with Crippen LogP contribution in [0.1, 0.15) is 6.42 Å². The lowest BCUT2D eigenvalue weighted by molar-refractivity contribution is -0.107. The molecule has 0 fully saturated rings. The van der Waals surface area contributed by atoms with E-state index in [1.165, 1.54) is 11.8 Å². The number of carbonyl (C=O) groups is 1. The zero-order valence-electron chi connectivity index (χ0n) is 5.66. The second-order valence-electron chi connectivity index (χ2n) is 1.50. The fourth-order valence-electron chi connectivity index (χ4n) is 0.409. The maximum Gasteiger partial charge on any atom is 0.125 e. The summed E-state index contributed by atoms with van der Waals surface area (Å²) in [6.07, 6.45) is 1.28. The Labute approximate surface area is 70.1 Å². The van der Waals surface area contributed by atoms with E-state index in [4.69, 9.17) is 0 Å². The molecule has 0 aromatic carbocycles.